The van der Waals surface area contributed by atoms with Gasteiger partial charge in [-0.1, -0.05) is 42.5 Å². The zero-order chi connectivity index (χ0) is 23.6. The van der Waals surface area contributed by atoms with Crippen LogP contribution in [0, 0.1) is 0 Å². The van der Waals surface area contributed by atoms with E-state index < -0.39 is 6.10 Å². The predicted molar refractivity (Wildman–Crippen MR) is 124 cm³/mol. The van der Waals surface area contributed by atoms with Crippen molar-refractivity contribution in [1.82, 2.24) is 20.6 Å². The molecule has 0 aliphatic carbocycles. The molecule has 0 spiro atoms. The van der Waals surface area contributed by atoms with Crippen molar-refractivity contribution in [3.05, 3.63) is 83.3 Å². The number of nitrogens with one attached hydrogen (secondary N) is 2. The third-order valence-corrected chi connectivity index (χ3v) is 5.03. The van der Waals surface area contributed by atoms with Crippen LogP contribution in [0.25, 0.3) is 0 Å². The van der Waals surface area contributed by atoms with Crippen molar-refractivity contribution in [2.24, 2.45) is 0 Å². The number of aromatic nitrogens is 2. The molecule has 1 aromatic heterocycles. The number of nitrogens with two attached hydrogens (primary N) is 1. The maximum Gasteiger partial charge on any atom is 0.273 e. The maximum atomic E-state index is 12.6. The van der Waals surface area contributed by atoms with Crippen LogP contribution in [0.4, 0.5) is 5.82 Å². The number of methoxy groups -OCH3 is 2. The van der Waals surface area contributed by atoms with Crippen molar-refractivity contribution in [2.45, 2.75) is 19.1 Å². The van der Waals surface area contributed by atoms with Crippen molar-refractivity contribution < 1.29 is 19.1 Å². The van der Waals surface area contributed by atoms with E-state index in [1.807, 2.05) is 42.5 Å². The molecule has 1 atom stereocenters. The Bertz CT molecular complexity index is 1090. The van der Waals surface area contributed by atoms with Gasteiger partial charge in [0.15, 0.2) is 17.6 Å². The predicted octanol–water partition coefficient (Wildman–Crippen LogP) is 2.04. The van der Waals surface area contributed by atoms with E-state index in [0.717, 1.165) is 11.1 Å². The van der Waals surface area contributed by atoms with Gasteiger partial charge in [0.1, 0.15) is 5.75 Å². The molecular formula is C24H27N5O4. The molecule has 3 rings (SSSR count). The number of ether oxygens (including phenoxy) is 2. The van der Waals surface area contributed by atoms with Crippen molar-refractivity contribution in [2.75, 3.05) is 26.5 Å². The molecule has 0 aliphatic heterocycles. The van der Waals surface area contributed by atoms with Crippen LogP contribution < -0.4 is 21.1 Å². The Balaban J connectivity index is 1.48. The second-order valence-corrected chi connectivity index (χ2v) is 7.19. The second-order valence-electron chi connectivity index (χ2n) is 7.19. The molecule has 4 N–H and O–H groups in total. The lowest BCUT2D eigenvalue weighted by molar-refractivity contribution is -0.131. The maximum absolute atomic E-state index is 12.6. The van der Waals surface area contributed by atoms with Crippen molar-refractivity contribution in [3.63, 3.8) is 0 Å². The van der Waals surface area contributed by atoms with Crippen LogP contribution in [0.1, 0.15) is 33.3 Å². The van der Waals surface area contributed by atoms with E-state index in [-0.39, 0.29) is 23.3 Å². The summed E-state index contributed by atoms with van der Waals surface area (Å²) in [5.74, 6) is 0.0812. The lowest BCUT2D eigenvalue weighted by Gasteiger charge is -2.18. The summed E-state index contributed by atoms with van der Waals surface area (Å²) >= 11 is 0. The highest BCUT2D eigenvalue weighted by molar-refractivity contribution is 5.96. The van der Waals surface area contributed by atoms with Gasteiger partial charge < -0.3 is 25.8 Å². The van der Waals surface area contributed by atoms with Gasteiger partial charge >= 0.3 is 0 Å². The topological polar surface area (TPSA) is 128 Å². The first-order valence-electron chi connectivity index (χ1n) is 10.4. The Labute approximate surface area is 192 Å². The van der Waals surface area contributed by atoms with E-state index in [9.17, 15) is 9.59 Å². The van der Waals surface area contributed by atoms with Gasteiger partial charge in [-0.15, -0.1) is 0 Å². The quantitative estimate of drug-likeness (QED) is 0.432. The SMILES string of the molecule is COc1ccccc1[C@@H](OC)C(=O)NCCc1ccc(CNC(=O)c2nccnc2N)cc1. The summed E-state index contributed by atoms with van der Waals surface area (Å²) in [6, 6.07) is 15.0. The lowest BCUT2D eigenvalue weighted by atomic mass is 10.1. The normalized spacial score (nSPS) is 11.5. The monoisotopic (exact) mass is 449 g/mol. The van der Waals surface area contributed by atoms with E-state index >= 15 is 0 Å². The zero-order valence-corrected chi connectivity index (χ0v) is 18.6. The van der Waals surface area contributed by atoms with Gasteiger partial charge in [-0.25, -0.2) is 9.97 Å². The first-order valence-corrected chi connectivity index (χ1v) is 10.4. The molecule has 33 heavy (non-hydrogen) atoms. The van der Waals surface area contributed by atoms with Crippen LogP contribution in [0.3, 0.4) is 0 Å². The van der Waals surface area contributed by atoms with E-state index in [1.54, 1.807) is 13.2 Å². The highest BCUT2D eigenvalue weighted by Gasteiger charge is 2.23. The zero-order valence-electron chi connectivity index (χ0n) is 18.6. The number of nitrogen functional groups attached to an aromatic ring is 1. The minimum atomic E-state index is -0.754. The van der Waals surface area contributed by atoms with Gasteiger partial charge in [0, 0.05) is 38.2 Å². The molecule has 172 valence electrons. The van der Waals surface area contributed by atoms with E-state index in [2.05, 4.69) is 20.6 Å². The molecular weight excluding hydrogens is 422 g/mol. The summed E-state index contributed by atoms with van der Waals surface area (Å²) in [4.78, 5) is 32.6. The largest absolute Gasteiger partial charge is 0.496 e. The molecule has 2 aromatic carbocycles. The Morgan fingerprint density at radius 1 is 0.970 bits per heavy atom. The van der Waals surface area contributed by atoms with Gasteiger partial charge in [0.2, 0.25) is 0 Å². The fourth-order valence-corrected chi connectivity index (χ4v) is 3.29. The van der Waals surface area contributed by atoms with Crippen molar-refractivity contribution in [3.8, 4) is 5.75 Å². The summed E-state index contributed by atoms with van der Waals surface area (Å²) < 4.78 is 10.7. The molecule has 9 nitrogen and oxygen atoms in total. The minimum Gasteiger partial charge on any atom is -0.496 e. The molecule has 0 bridgehead atoms. The molecule has 0 radical (unpaired) electrons. The number of nitrogens with zero attached hydrogens (tertiary/aromatic N) is 2. The number of benzene rings is 2. The smallest absolute Gasteiger partial charge is 0.273 e. The highest BCUT2D eigenvalue weighted by atomic mass is 16.5. The van der Waals surface area contributed by atoms with Gasteiger partial charge in [-0.3, -0.25) is 9.59 Å². The number of anilines is 1. The molecule has 9 heteroatoms. The van der Waals surface area contributed by atoms with Crippen LogP contribution in [-0.2, 0) is 22.5 Å². The molecule has 3 aromatic rings. The third kappa shape index (κ3) is 6.27. The molecule has 0 saturated carbocycles. The number of carbonyl (C=O) groups excluding carboxylic acids is 2. The summed E-state index contributed by atoms with van der Waals surface area (Å²) in [6.45, 7) is 0.788. The Hall–Kier alpha value is -3.98. The lowest BCUT2D eigenvalue weighted by Crippen LogP contribution is -2.32. The summed E-state index contributed by atoms with van der Waals surface area (Å²) in [5, 5.41) is 5.68. The van der Waals surface area contributed by atoms with Crippen LogP contribution in [0.2, 0.25) is 0 Å². The first kappa shape index (κ1) is 23.7. The fourth-order valence-electron chi connectivity index (χ4n) is 3.29. The van der Waals surface area contributed by atoms with E-state index in [4.69, 9.17) is 15.2 Å². The third-order valence-electron chi connectivity index (χ3n) is 5.03. The van der Waals surface area contributed by atoms with Gasteiger partial charge in [-0.05, 0) is 23.6 Å². The van der Waals surface area contributed by atoms with E-state index in [0.29, 0.717) is 30.8 Å². The van der Waals surface area contributed by atoms with Crippen molar-refractivity contribution >= 4 is 17.6 Å². The molecule has 0 fully saturated rings. The standard InChI is InChI=1S/C24H27N5O4/c1-32-19-6-4-3-5-18(19)21(33-2)24(31)28-12-11-16-7-9-17(10-8-16)15-29-23(30)20-22(25)27-14-13-26-20/h3-10,13-14,21H,11-12,15H2,1-2H3,(H2,25,27)(H,28,31)(H,29,30)/t21-/m1/s1. The number of para-hydroxylation sites is 1. The molecule has 2 amide bonds. The number of rotatable bonds is 10. The second kappa shape index (κ2) is 11.6. The van der Waals surface area contributed by atoms with Crippen molar-refractivity contribution in [1.29, 1.82) is 0 Å². The van der Waals surface area contributed by atoms with Gasteiger partial charge in [-0.2, -0.15) is 0 Å². The van der Waals surface area contributed by atoms with Crippen LogP contribution in [0.5, 0.6) is 5.75 Å². The average Bonchev–Trinajstić information content (AvgIpc) is 2.84. The number of amides is 2. The van der Waals surface area contributed by atoms with Crippen LogP contribution in [0.15, 0.2) is 60.9 Å². The molecule has 0 unspecified atom stereocenters. The average molecular weight is 450 g/mol. The number of hydrogen-bond donors (Lipinski definition) is 3. The number of carbonyl (C=O) groups is 2. The summed E-state index contributed by atoms with van der Waals surface area (Å²) in [5.41, 5.74) is 8.43. The Morgan fingerprint density at radius 2 is 1.67 bits per heavy atom. The Kier molecular flexibility index (Phi) is 8.31. The molecule has 0 saturated heterocycles. The van der Waals surface area contributed by atoms with Gasteiger partial charge in [0.25, 0.3) is 11.8 Å². The summed E-state index contributed by atoms with van der Waals surface area (Å²) in [6.07, 6.45) is 2.75. The minimum absolute atomic E-state index is 0.0915. The van der Waals surface area contributed by atoms with Crippen LogP contribution >= 0.6 is 0 Å². The van der Waals surface area contributed by atoms with Gasteiger partial charge in [0.05, 0.1) is 7.11 Å². The summed E-state index contributed by atoms with van der Waals surface area (Å²) in [7, 11) is 3.05. The first-order chi connectivity index (χ1) is 16.0. The number of hydrogen-bond acceptors (Lipinski definition) is 7. The van der Waals surface area contributed by atoms with Crippen LogP contribution in [-0.4, -0.2) is 42.5 Å². The van der Waals surface area contributed by atoms with E-state index in [1.165, 1.54) is 19.5 Å². The molecule has 0 aliphatic rings. The molecule has 1 heterocycles. The fraction of sp³-hybridized carbons (Fsp3) is 0.250. The highest BCUT2D eigenvalue weighted by Crippen LogP contribution is 2.27. The Morgan fingerprint density at radius 3 is 2.36 bits per heavy atom.